The van der Waals surface area contributed by atoms with Crippen molar-refractivity contribution in [2.24, 2.45) is 0 Å². The third-order valence-corrected chi connectivity index (χ3v) is 3.73. The van der Waals surface area contributed by atoms with Crippen molar-refractivity contribution in [2.75, 3.05) is 17.6 Å². The van der Waals surface area contributed by atoms with Gasteiger partial charge in [0.1, 0.15) is 10.8 Å². The quantitative estimate of drug-likeness (QED) is 0.819. The largest absolute Gasteiger partial charge is 0.370 e. The van der Waals surface area contributed by atoms with Gasteiger partial charge in [0.2, 0.25) is 5.95 Å². The Kier molecular flexibility index (Phi) is 3.63. The summed E-state index contributed by atoms with van der Waals surface area (Å²) >= 11 is 3.28. The minimum atomic E-state index is 0.303. The molecule has 0 saturated carbocycles. The van der Waals surface area contributed by atoms with E-state index in [-0.39, 0.29) is 0 Å². The van der Waals surface area contributed by atoms with Crippen molar-refractivity contribution in [1.29, 1.82) is 0 Å². The number of nitrogens with zero attached hydrogens (tertiary/aromatic N) is 2. The fraction of sp³-hybridized carbons (Fsp3) is 0.200. The minimum Gasteiger partial charge on any atom is -0.370 e. The molecule has 0 atom stereocenters. The van der Waals surface area contributed by atoms with E-state index in [1.807, 2.05) is 24.4 Å². The summed E-state index contributed by atoms with van der Waals surface area (Å²) in [6.45, 7) is 2.84. The van der Waals surface area contributed by atoms with Crippen molar-refractivity contribution in [1.82, 2.24) is 9.97 Å². The van der Waals surface area contributed by atoms with Crippen LogP contribution in [0.2, 0.25) is 0 Å². The number of hydrogen-bond acceptors (Lipinski definition) is 6. The second-order valence-corrected chi connectivity index (χ2v) is 5.28. The molecule has 0 saturated heterocycles. The predicted octanol–water partition coefficient (Wildman–Crippen LogP) is 2.70. The zero-order valence-electron chi connectivity index (χ0n) is 8.80. The Morgan fingerprint density at radius 2 is 2.38 bits per heavy atom. The third-order valence-electron chi connectivity index (χ3n) is 1.78. The SMILES string of the molecule is CCNc1cc(Sc2cccs2)nc(N)n1. The van der Waals surface area contributed by atoms with E-state index < -0.39 is 0 Å². The smallest absolute Gasteiger partial charge is 0.223 e. The topological polar surface area (TPSA) is 63.8 Å². The molecule has 3 N–H and O–H groups in total. The molecule has 4 nitrogen and oxygen atoms in total. The van der Waals surface area contributed by atoms with Crippen LogP contribution < -0.4 is 11.1 Å². The van der Waals surface area contributed by atoms with Crippen molar-refractivity contribution in [3.8, 4) is 0 Å². The molecule has 0 bridgehead atoms. The fourth-order valence-electron chi connectivity index (χ4n) is 1.19. The molecule has 0 aliphatic rings. The summed E-state index contributed by atoms with van der Waals surface area (Å²) in [4.78, 5) is 8.29. The van der Waals surface area contributed by atoms with Gasteiger partial charge in [-0.1, -0.05) is 17.8 Å². The maximum Gasteiger partial charge on any atom is 0.223 e. The average Bonchev–Trinajstić information content (AvgIpc) is 2.70. The lowest BCUT2D eigenvalue weighted by Crippen LogP contribution is -2.03. The molecule has 84 valence electrons. The van der Waals surface area contributed by atoms with Crippen LogP contribution in [0.1, 0.15) is 6.92 Å². The fourth-order valence-corrected chi connectivity index (χ4v) is 2.92. The predicted molar refractivity (Wildman–Crippen MR) is 69.1 cm³/mol. The molecule has 2 aromatic heterocycles. The molecule has 16 heavy (non-hydrogen) atoms. The molecule has 2 aromatic rings. The summed E-state index contributed by atoms with van der Waals surface area (Å²) in [6, 6.07) is 5.98. The van der Waals surface area contributed by atoms with Gasteiger partial charge >= 0.3 is 0 Å². The Morgan fingerprint density at radius 1 is 1.50 bits per heavy atom. The maximum atomic E-state index is 5.65. The zero-order chi connectivity index (χ0) is 11.4. The van der Waals surface area contributed by atoms with Crippen LogP contribution in [0.4, 0.5) is 11.8 Å². The highest BCUT2D eigenvalue weighted by Gasteiger charge is 2.04. The van der Waals surface area contributed by atoms with Crippen LogP contribution in [0.15, 0.2) is 32.8 Å². The highest BCUT2D eigenvalue weighted by Crippen LogP contribution is 2.31. The van der Waals surface area contributed by atoms with E-state index in [9.17, 15) is 0 Å². The van der Waals surface area contributed by atoms with Crippen molar-refractivity contribution in [3.05, 3.63) is 23.6 Å². The molecule has 0 fully saturated rings. The van der Waals surface area contributed by atoms with Gasteiger partial charge in [-0.15, -0.1) is 11.3 Å². The molecule has 0 aromatic carbocycles. The Labute approximate surface area is 102 Å². The van der Waals surface area contributed by atoms with Crippen LogP contribution in [0, 0.1) is 0 Å². The molecular formula is C10H12N4S2. The Hall–Kier alpha value is -1.27. The lowest BCUT2D eigenvalue weighted by Gasteiger charge is -2.05. The standard InChI is InChI=1S/C10H12N4S2/c1-2-12-7-6-8(14-10(11)13-7)16-9-4-3-5-15-9/h3-6H,2H2,1H3,(H3,11,12,13,14). The first-order chi connectivity index (χ1) is 7.78. The van der Waals surface area contributed by atoms with E-state index in [1.54, 1.807) is 23.1 Å². The number of nitrogens with two attached hydrogens (primary N) is 1. The molecule has 0 aliphatic carbocycles. The lowest BCUT2D eigenvalue weighted by atomic mass is 10.5. The molecular weight excluding hydrogens is 240 g/mol. The van der Waals surface area contributed by atoms with Crippen LogP contribution >= 0.6 is 23.1 Å². The first-order valence-electron chi connectivity index (χ1n) is 4.87. The Bertz CT molecular complexity index is 456. The summed E-state index contributed by atoms with van der Waals surface area (Å²) in [6.07, 6.45) is 0. The van der Waals surface area contributed by atoms with E-state index in [0.717, 1.165) is 17.4 Å². The molecule has 6 heteroatoms. The summed E-state index contributed by atoms with van der Waals surface area (Å²) in [7, 11) is 0. The van der Waals surface area contributed by atoms with Crippen LogP contribution in [0.3, 0.4) is 0 Å². The maximum absolute atomic E-state index is 5.65. The first-order valence-corrected chi connectivity index (χ1v) is 6.57. The zero-order valence-corrected chi connectivity index (χ0v) is 10.4. The Balaban J connectivity index is 2.20. The van der Waals surface area contributed by atoms with E-state index in [0.29, 0.717) is 5.95 Å². The van der Waals surface area contributed by atoms with Gasteiger partial charge in [0.25, 0.3) is 0 Å². The van der Waals surface area contributed by atoms with Gasteiger partial charge in [-0.3, -0.25) is 0 Å². The first kappa shape index (κ1) is 11.2. The lowest BCUT2D eigenvalue weighted by molar-refractivity contribution is 1.05. The van der Waals surface area contributed by atoms with Gasteiger partial charge in [-0.25, -0.2) is 4.98 Å². The molecule has 2 heterocycles. The number of nitrogens with one attached hydrogen (secondary N) is 1. The van der Waals surface area contributed by atoms with Crippen LogP contribution in [0.5, 0.6) is 0 Å². The molecule has 2 rings (SSSR count). The number of anilines is 2. The summed E-state index contributed by atoms with van der Waals surface area (Å²) in [5, 5.41) is 6.03. The average molecular weight is 252 g/mol. The number of thiophene rings is 1. The number of rotatable bonds is 4. The van der Waals surface area contributed by atoms with Gasteiger partial charge in [0, 0.05) is 12.6 Å². The van der Waals surface area contributed by atoms with Gasteiger partial charge in [-0.05, 0) is 18.4 Å². The van der Waals surface area contributed by atoms with Crippen molar-refractivity contribution >= 4 is 34.9 Å². The molecule has 0 aliphatic heterocycles. The van der Waals surface area contributed by atoms with Crippen LogP contribution in [-0.2, 0) is 0 Å². The normalized spacial score (nSPS) is 10.3. The summed E-state index contributed by atoms with van der Waals surface area (Å²) < 4.78 is 1.19. The van der Waals surface area contributed by atoms with E-state index in [4.69, 9.17) is 5.73 Å². The van der Waals surface area contributed by atoms with Crippen molar-refractivity contribution < 1.29 is 0 Å². The summed E-state index contributed by atoms with van der Waals surface area (Å²) in [5.74, 6) is 1.08. The number of nitrogen functional groups attached to an aromatic ring is 1. The van der Waals surface area contributed by atoms with Crippen molar-refractivity contribution in [2.45, 2.75) is 16.2 Å². The molecule has 0 spiro atoms. The molecule has 0 unspecified atom stereocenters. The van der Waals surface area contributed by atoms with E-state index in [2.05, 4.69) is 21.4 Å². The molecule has 0 radical (unpaired) electrons. The number of hydrogen-bond donors (Lipinski definition) is 2. The van der Waals surface area contributed by atoms with E-state index in [1.165, 1.54) is 4.21 Å². The highest BCUT2D eigenvalue weighted by molar-refractivity contribution is 8.01. The molecule has 0 amide bonds. The second kappa shape index (κ2) is 5.18. The third kappa shape index (κ3) is 2.86. The van der Waals surface area contributed by atoms with E-state index >= 15 is 0 Å². The monoisotopic (exact) mass is 252 g/mol. The van der Waals surface area contributed by atoms with Crippen LogP contribution in [-0.4, -0.2) is 16.5 Å². The van der Waals surface area contributed by atoms with Gasteiger partial charge < -0.3 is 11.1 Å². The number of aromatic nitrogens is 2. The minimum absolute atomic E-state index is 0.303. The van der Waals surface area contributed by atoms with Gasteiger partial charge in [-0.2, -0.15) is 4.98 Å². The Morgan fingerprint density at radius 3 is 3.06 bits per heavy atom. The van der Waals surface area contributed by atoms with Crippen molar-refractivity contribution in [3.63, 3.8) is 0 Å². The van der Waals surface area contributed by atoms with Crippen LogP contribution in [0.25, 0.3) is 0 Å². The summed E-state index contributed by atoms with van der Waals surface area (Å²) in [5.41, 5.74) is 5.65. The van der Waals surface area contributed by atoms with Gasteiger partial charge in [0.05, 0.1) is 4.21 Å². The second-order valence-electron chi connectivity index (χ2n) is 3.01. The highest BCUT2D eigenvalue weighted by atomic mass is 32.2. The van der Waals surface area contributed by atoms with Gasteiger partial charge in [0.15, 0.2) is 0 Å².